The lowest BCUT2D eigenvalue weighted by molar-refractivity contribution is -0.146. The average molecular weight is 787 g/mol. The van der Waals surface area contributed by atoms with E-state index in [2.05, 4.69) is 10.6 Å². The summed E-state index contributed by atoms with van der Waals surface area (Å²) in [6.07, 6.45) is 0.0306. The van der Waals surface area contributed by atoms with Gasteiger partial charge in [-0.2, -0.15) is 0 Å². The second-order valence-electron chi connectivity index (χ2n) is 12.7. The molecular weight excluding hydrogens is 753 g/mol. The fraction of sp³-hybridized carbons (Fsp3) is 0.184. The van der Waals surface area contributed by atoms with E-state index < -0.39 is 62.1 Å². The van der Waals surface area contributed by atoms with Gasteiger partial charge in [0.05, 0.1) is 31.7 Å². The second kappa shape index (κ2) is 17.5. The van der Waals surface area contributed by atoms with Gasteiger partial charge in [-0.1, -0.05) is 18.2 Å². The summed E-state index contributed by atoms with van der Waals surface area (Å²) in [6.45, 7) is -3.01. The molecule has 56 heavy (non-hydrogen) atoms. The van der Waals surface area contributed by atoms with Gasteiger partial charge in [0.25, 0.3) is 0 Å². The first-order valence-corrected chi connectivity index (χ1v) is 17.0. The number of carbonyl (C=O) groups is 5. The van der Waals surface area contributed by atoms with Gasteiger partial charge in [-0.05, 0) is 78.3 Å². The molecule has 8 N–H and O–H groups in total. The van der Waals surface area contributed by atoms with Gasteiger partial charge in [0.2, 0.25) is 0 Å². The summed E-state index contributed by atoms with van der Waals surface area (Å²) in [4.78, 5) is 73.0. The van der Waals surface area contributed by atoms with Crippen LogP contribution in [-0.4, -0.2) is 114 Å². The zero-order valence-electron chi connectivity index (χ0n) is 29.2. The minimum Gasteiger partial charge on any atom is -0.508 e. The van der Waals surface area contributed by atoms with E-state index in [1.165, 1.54) is 30.3 Å². The molecule has 290 valence electrons. The van der Waals surface area contributed by atoms with Crippen molar-refractivity contribution in [3.63, 3.8) is 0 Å². The molecule has 17 nitrogen and oxygen atoms in total. The smallest absolute Gasteiger partial charge is 0.336 e. The zero-order chi connectivity index (χ0) is 40.7. The van der Waals surface area contributed by atoms with Gasteiger partial charge in [0.15, 0.2) is 10.5 Å². The van der Waals surface area contributed by atoms with Crippen LogP contribution in [0.5, 0.6) is 5.75 Å². The average Bonchev–Trinajstić information content (AvgIpc) is 3.09. The molecule has 18 heteroatoms. The molecule has 2 aliphatic rings. The lowest BCUT2D eigenvalue weighted by Gasteiger charge is -2.33. The highest BCUT2D eigenvalue weighted by Crippen LogP contribution is 2.42. The molecule has 0 radical (unpaired) electrons. The maximum atomic E-state index is 12.6. The molecule has 0 fully saturated rings. The quantitative estimate of drug-likeness (QED) is 0.0494. The third kappa shape index (κ3) is 10.4. The number of nitrogens with zero attached hydrogens (tertiary/aromatic N) is 2. The number of nitrogens with one attached hydrogen (secondary N) is 2. The Bertz CT molecular complexity index is 2330. The Labute approximate surface area is 322 Å². The number of phenolic OH excluding ortho intramolecular Hbond substituents is 1. The summed E-state index contributed by atoms with van der Waals surface area (Å²) < 4.78 is 5.88. The van der Waals surface area contributed by atoms with Crippen LogP contribution in [0.3, 0.4) is 0 Å². The molecule has 0 spiro atoms. The number of carboxylic acid groups (broad SMARTS) is 5. The summed E-state index contributed by atoms with van der Waals surface area (Å²) in [5, 5.41) is 64.4. The van der Waals surface area contributed by atoms with E-state index in [0.29, 0.717) is 39.0 Å². The summed E-state index contributed by atoms with van der Waals surface area (Å²) in [5.74, 6) is -6.44. The van der Waals surface area contributed by atoms with Crippen LogP contribution in [0.15, 0.2) is 88.1 Å². The highest BCUT2D eigenvalue weighted by molar-refractivity contribution is 7.80. The summed E-state index contributed by atoms with van der Waals surface area (Å²) in [6, 6.07) is 18.8. The monoisotopic (exact) mass is 786 g/mol. The van der Waals surface area contributed by atoms with Crippen LogP contribution in [0.4, 0.5) is 11.4 Å². The number of fused-ring (bicyclic) bond motifs is 2. The number of aliphatic carboxylic acids is 4. The minimum absolute atomic E-state index is 0.0306. The van der Waals surface area contributed by atoms with Crippen LogP contribution in [0.2, 0.25) is 0 Å². The first-order valence-electron chi connectivity index (χ1n) is 16.6. The number of hydrogen-bond acceptors (Lipinski definition) is 11. The number of benzene rings is 4. The SMILES string of the molecule is O=C(O)CN(CC(=O)O)CC(Cc1ccc(NC(=S)Nc2ccc(-c3c4ccc(=O)cc-4oc4cc(O)ccc34)c(C(=O)O)c2)cc1)N(CC(=O)O)CC(=O)O. The van der Waals surface area contributed by atoms with E-state index in [1.54, 1.807) is 48.5 Å². The van der Waals surface area contributed by atoms with Crippen molar-refractivity contribution in [3.05, 3.63) is 100 Å². The molecule has 3 aromatic carbocycles. The third-order valence-corrected chi connectivity index (χ3v) is 8.72. The topological polar surface area (TPSA) is 267 Å². The van der Waals surface area contributed by atoms with Crippen LogP contribution in [0.25, 0.3) is 33.4 Å². The van der Waals surface area contributed by atoms with Crippen LogP contribution in [0.1, 0.15) is 15.9 Å². The number of thiocarbonyl (C=S) groups is 1. The highest BCUT2D eigenvalue weighted by Gasteiger charge is 2.28. The van der Waals surface area contributed by atoms with Crippen LogP contribution in [0, 0.1) is 0 Å². The molecule has 3 aromatic rings. The van der Waals surface area contributed by atoms with Crippen LogP contribution < -0.4 is 16.1 Å². The third-order valence-electron chi connectivity index (χ3n) is 8.52. The number of phenols is 1. The molecule has 1 aliphatic carbocycles. The first-order chi connectivity index (χ1) is 26.6. The van der Waals surface area contributed by atoms with Crippen molar-refractivity contribution in [1.29, 1.82) is 0 Å². The zero-order valence-corrected chi connectivity index (χ0v) is 30.0. The van der Waals surface area contributed by atoms with E-state index in [-0.39, 0.29) is 46.2 Å². The van der Waals surface area contributed by atoms with Gasteiger partial charge in [-0.25, -0.2) is 4.79 Å². The Morgan fingerprint density at radius 3 is 1.89 bits per heavy atom. The Hall–Kier alpha value is -6.89. The van der Waals surface area contributed by atoms with E-state index in [1.807, 2.05) is 0 Å². The maximum absolute atomic E-state index is 12.6. The number of anilines is 2. The molecule has 5 rings (SSSR count). The number of carboxylic acids is 5. The Morgan fingerprint density at radius 1 is 0.696 bits per heavy atom. The van der Waals surface area contributed by atoms with Gasteiger partial charge in [-0.15, -0.1) is 0 Å². The van der Waals surface area contributed by atoms with E-state index in [0.717, 1.165) is 9.80 Å². The lowest BCUT2D eigenvalue weighted by atomic mass is 9.90. The Morgan fingerprint density at radius 2 is 1.29 bits per heavy atom. The largest absolute Gasteiger partial charge is 0.508 e. The molecular formula is C38H34N4O13S. The van der Waals surface area contributed by atoms with Crippen molar-refractivity contribution in [2.24, 2.45) is 0 Å². The predicted molar refractivity (Wildman–Crippen MR) is 205 cm³/mol. The van der Waals surface area contributed by atoms with E-state index in [9.17, 15) is 59.4 Å². The fourth-order valence-electron chi connectivity index (χ4n) is 6.29. The molecule has 0 saturated carbocycles. The fourth-order valence-corrected chi connectivity index (χ4v) is 6.53. The molecule has 0 amide bonds. The summed E-state index contributed by atoms with van der Waals surface area (Å²) in [5.41, 5.74) is 2.46. The van der Waals surface area contributed by atoms with Gasteiger partial charge in [0, 0.05) is 52.6 Å². The van der Waals surface area contributed by atoms with Gasteiger partial charge in [-0.3, -0.25) is 33.8 Å². The van der Waals surface area contributed by atoms with Crippen molar-refractivity contribution in [2.45, 2.75) is 12.5 Å². The van der Waals surface area contributed by atoms with Crippen molar-refractivity contribution in [2.75, 3.05) is 43.4 Å². The standard InChI is InChI=1S/C38H34N4O13S/c43-24-6-9-27-30(13-24)55-31-14-25(44)7-10-28(31)36(27)26-8-5-22(12-29(26)37(53)54)40-38(56)39-21-3-1-20(2-4-21)11-23(42(18-34(49)50)19-35(51)52)15-41(16-32(45)46)17-33(47)48/h1-10,12-14,23,43H,11,15-19H2,(H,45,46)(H,47,48)(H,49,50)(H,51,52)(H,53,54)(H2,39,40,56). The summed E-state index contributed by atoms with van der Waals surface area (Å²) in [7, 11) is 0. The molecule has 0 saturated heterocycles. The Balaban J connectivity index is 1.36. The van der Waals surface area contributed by atoms with E-state index in [4.69, 9.17) is 16.6 Å². The van der Waals surface area contributed by atoms with Crippen molar-refractivity contribution in [3.8, 4) is 28.2 Å². The number of rotatable bonds is 17. The molecule has 1 atom stereocenters. The molecule has 1 unspecified atom stereocenters. The van der Waals surface area contributed by atoms with Crippen LogP contribution >= 0.6 is 12.2 Å². The molecule has 1 heterocycles. The molecule has 1 aliphatic heterocycles. The Kier molecular flexibility index (Phi) is 12.6. The second-order valence-corrected chi connectivity index (χ2v) is 13.1. The number of aromatic hydroxyl groups is 1. The minimum atomic E-state index is -1.33. The highest BCUT2D eigenvalue weighted by atomic mass is 32.1. The van der Waals surface area contributed by atoms with Crippen molar-refractivity contribution in [1.82, 2.24) is 9.80 Å². The lowest BCUT2D eigenvalue weighted by Crippen LogP contribution is -2.50. The van der Waals surface area contributed by atoms with Gasteiger partial charge in [0.1, 0.15) is 17.1 Å². The van der Waals surface area contributed by atoms with E-state index >= 15 is 0 Å². The van der Waals surface area contributed by atoms with Crippen molar-refractivity contribution < 1.29 is 59.0 Å². The molecule has 0 bridgehead atoms. The van der Waals surface area contributed by atoms with Gasteiger partial charge < -0.3 is 45.7 Å². The predicted octanol–water partition coefficient (Wildman–Crippen LogP) is 3.63. The maximum Gasteiger partial charge on any atom is 0.336 e. The normalized spacial score (nSPS) is 11.8. The van der Waals surface area contributed by atoms with Crippen molar-refractivity contribution >= 4 is 69.5 Å². The number of hydrogen-bond donors (Lipinski definition) is 8. The first kappa shape index (κ1) is 40.3. The number of aromatic carboxylic acids is 1. The van der Waals surface area contributed by atoms with Crippen LogP contribution in [-0.2, 0) is 25.6 Å². The molecule has 0 aromatic heterocycles. The summed E-state index contributed by atoms with van der Waals surface area (Å²) >= 11 is 5.48. The van der Waals surface area contributed by atoms with Gasteiger partial charge >= 0.3 is 29.8 Å².